The van der Waals surface area contributed by atoms with E-state index in [1.807, 2.05) is 42.5 Å². The van der Waals surface area contributed by atoms with Gasteiger partial charge in [-0.1, -0.05) is 42.5 Å². The molecule has 2 heteroatoms. The first-order valence-electron chi connectivity index (χ1n) is 5.50. The Morgan fingerprint density at radius 3 is 2.25 bits per heavy atom. The fourth-order valence-corrected chi connectivity index (χ4v) is 1.97. The van der Waals surface area contributed by atoms with E-state index in [2.05, 4.69) is 0 Å². The summed E-state index contributed by atoms with van der Waals surface area (Å²) in [7, 11) is 0. The molecule has 0 aliphatic heterocycles. The van der Waals surface area contributed by atoms with Gasteiger partial charge in [-0.2, -0.15) is 0 Å². The van der Waals surface area contributed by atoms with Gasteiger partial charge in [0.1, 0.15) is 11.6 Å². The highest BCUT2D eigenvalue weighted by Crippen LogP contribution is 2.20. The SMILES string of the molecule is O=C1CC(=O)CC(C=Cc2ccccc2)C1. The molecule has 0 amide bonds. The van der Waals surface area contributed by atoms with E-state index in [1.54, 1.807) is 0 Å². The van der Waals surface area contributed by atoms with E-state index >= 15 is 0 Å². The zero-order valence-electron chi connectivity index (χ0n) is 9.06. The van der Waals surface area contributed by atoms with Gasteiger partial charge in [-0.15, -0.1) is 0 Å². The number of benzene rings is 1. The van der Waals surface area contributed by atoms with Crippen molar-refractivity contribution in [3.05, 3.63) is 42.0 Å². The Morgan fingerprint density at radius 2 is 1.62 bits per heavy atom. The molecule has 1 saturated carbocycles. The van der Waals surface area contributed by atoms with Crippen LogP contribution in [0.1, 0.15) is 24.8 Å². The fourth-order valence-electron chi connectivity index (χ4n) is 1.97. The maximum atomic E-state index is 11.2. The van der Waals surface area contributed by atoms with Crippen LogP contribution in [0.4, 0.5) is 0 Å². The molecule has 0 bridgehead atoms. The lowest BCUT2D eigenvalue weighted by Crippen LogP contribution is -2.21. The molecular weight excluding hydrogens is 200 g/mol. The average Bonchev–Trinajstić information content (AvgIpc) is 2.27. The first-order chi connectivity index (χ1) is 7.74. The Morgan fingerprint density at radius 1 is 1.00 bits per heavy atom. The van der Waals surface area contributed by atoms with Gasteiger partial charge < -0.3 is 0 Å². The van der Waals surface area contributed by atoms with Gasteiger partial charge in [-0.05, 0) is 11.5 Å². The van der Waals surface area contributed by atoms with Crippen LogP contribution in [0.5, 0.6) is 0 Å². The summed E-state index contributed by atoms with van der Waals surface area (Å²) >= 11 is 0. The summed E-state index contributed by atoms with van der Waals surface area (Å²) in [6, 6.07) is 9.91. The number of rotatable bonds is 2. The zero-order chi connectivity index (χ0) is 11.4. The number of allylic oxidation sites excluding steroid dienone is 1. The Bertz CT molecular complexity index is 402. The number of ketones is 2. The molecule has 0 atom stereocenters. The molecule has 0 unspecified atom stereocenters. The summed E-state index contributed by atoms with van der Waals surface area (Å²) in [6.45, 7) is 0. The third-order valence-electron chi connectivity index (χ3n) is 2.73. The molecule has 1 aromatic rings. The molecule has 0 N–H and O–H groups in total. The smallest absolute Gasteiger partial charge is 0.140 e. The summed E-state index contributed by atoms with van der Waals surface area (Å²) in [6.07, 6.45) is 5.11. The van der Waals surface area contributed by atoms with Crippen molar-refractivity contribution in [3.8, 4) is 0 Å². The molecule has 1 aliphatic carbocycles. The number of hydrogen-bond donors (Lipinski definition) is 0. The number of Topliss-reactive ketones (excluding diaryl/α,β-unsaturated/α-hetero) is 2. The largest absolute Gasteiger partial charge is 0.299 e. The molecule has 0 spiro atoms. The Kier molecular flexibility index (Phi) is 3.30. The Balaban J connectivity index is 2.02. The molecular formula is C14H14O2. The van der Waals surface area contributed by atoms with Crippen LogP contribution in [0.15, 0.2) is 36.4 Å². The predicted molar refractivity (Wildman–Crippen MR) is 62.8 cm³/mol. The third-order valence-corrected chi connectivity index (χ3v) is 2.73. The monoisotopic (exact) mass is 214 g/mol. The van der Waals surface area contributed by atoms with Crippen LogP contribution in [-0.4, -0.2) is 11.6 Å². The number of carbonyl (C=O) groups excluding carboxylic acids is 2. The maximum absolute atomic E-state index is 11.2. The van der Waals surface area contributed by atoms with Gasteiger partial charge in [0.2, 0.25) is 0 Å². The van der Waals surface area contributed by atoms with E-state index < -0.39 is 0 Å². The van der Waals surface area contributed by atoms with Crippen molar-refractivity contribution in [1.82, 2.24) is 0 Å². The summed E-state index contributed by atoms with van der Waals surface area (Å²) in [5.74, 6) is 0.229. The van der Waals surface area contributed by atoms with Crippen molar-refractivity contribution < 1.29 is 9.59 Å². The van der Waals surface area contributed by atoms with E-state index in [-0.39, 0.29) is 23.9 Å². The van der Waals surface area contributed by atoms with Crippen LogP contribution < -0.4 is 0 Å². The van der Waals surface area contributed by atoms with Crippen molar-refractivity contribution in [2.24, 2.45) is 5.92 Å². The van der Waals surface area contributed by atoms with E-state index in [0.29, 0.717) is 12.8 Å². The van der Waals surface area contributed by atoms with E-state index in [9.17, 15) is 9.59 Å². The minimum atomic E-state index is 0.0685. The number of hydrogen-bond acceptors (Lipinski definition) is 2. The molecule has 82 valence electrons. The third kappa shape index (κ3) is 2.89. The lowest BCUT2D eigenvalue weighted by molar-refractivity contribution is -0.130. The molecule has 2 nitrogen and oxygen atoms in total. The van der Waals surface area contributed by atoms with Crippen LogP contribution in [0.2, 0.25) is 0 Å². The molecule has 1 fully saturated rings. The maximum Gasteiger partial charge on any atom is 0.140 e. The normalized spacial score (nSPS) is 18.2. The summed E-state index contributed by atoms with van der Waals surface area (Å²) in [4.78, 5) is 22.5. The second-order valence-electron chi connectivity index (χ2n) is 4.19. The van der Waals surface area contributed by atoms with Crippen molar-refractivity contribution >= 4 is 17.6 Å². The molecule has 16 heavy (non-hydrogen) atoms. The highest BCUT2D eigenvalue weighted by molar-refractivity contribution is 6.01. The zero-order valence-corrected chi connectivity index (χ0v) is 9.06. The first-order valence-corrected chi connectivity index (χ1v) is 5.50. The number of carbonyl (C=O) groups is 2. The van der Waals surface area contributed by atoms with Crippen molar-refractivity contribution in [1.29, 1.82) is 0 Å². The van der Waals surface area contributed by atoms with E-state index in [0.717, 1.165) is 5.56 Å². The van der Waals surface area contributed by atoms with Crippen molar-refractivity contribution in [2.75, 3.05) is 0 Å². The highest BCUT2D eigenvalue weighted by Gasteiger charge is 2.23. The predicted octanol–water partition coefficient (Wildman–Crippen LogP) is 2.64. The quantitative estimate of drug-likeness (QED) is 0.709. The highest BCUT2D eigenvalue weighted by atomic mass is 16.1. The minimum absolute atomic E-state index is 0.0685. The summed E-state index contributed by atoms with van der Waals surface area (Å²) in [5.41, 5.74) is 1.10. The van der Waals surface area contributed by atoms with Gasteiger partial charge in [-0.3, -0.25) is 9.59 Å². The minimum Gasteiger partial charge on any atom is -0.299 e. The molecule has 0 aromatic heterocycles. The Hall–Kier alpha value is -1.70. The lowest BCUT2D eigenvalue weighted by atomic mass is 9.87. The lowest BCUT2D eigenvalue weighted by Gasteiger charge is -2.15. The molecule has 1 aromatic carbocycles. The van der Waals surface area contributed by atoms with Crippen LogP contribution in [0.25, 0.3) is 6.08 Å². The summed E-state index contributed by atoms with van der Waals surface area (Å²) < 4.78 is 0. The molecule has 0 saturated heterocycles. The second-order valence-corrected chi connectivity index (χ2v) is 4.19. The van der Waals surface area contributed by atoms with Crippen LogP contribution in [-0.2, 0) is 9.59 Å². The van der Waals surface area contributed by atoms with E-state index in [4.69, 9.17) is 0 Å². The van der Waals surface area contributed by atoms with Crippen molar-refractivity contribution in [2.45, 2.75) is 19.3 Å². The van der Waals surface area contributed by atoms with Gasteiger partial charge >= 0.3 is 0 Å². The topological polar surface area (TPSA) is 34.1 Å². The van der Waals surface area contributed by atoms with Crippen LogP contribution >= 0.6 is 0 Å². The van der Waals surface area contributed by atoms with Gasteiger partial charge in [0.25, 0.3) is 0 Å². The first kappa shape index (κ1) is 10.8. The molecule has 0 heterocycles. The average molecular weight is 214 g/mol. The standard InChI is InChI=1S/C14H14O2/c15-13-8-12(9-14(16)10-13)7-6-11-4-2-1-3-5-11/h1-7,12H,8-10H2. The van der Waals surface area contributed by atoms with Gasteiger partial charge in [-0.25, -0.2) is 0 Å². The fraction of sp³-hybridized carbons (Fsp3) is 0.286. The Labute approximate surface area is 95.0 Å². The van der Waals surface area contributed by atoms with E-state index in [1.165, 1.54) is 0 Å². The van der Waals surface area contributed by atoms with Crippen LogP contribution in [0, 0.1) is 5.92 Å². The summed E-state index contributed by atoms with van der Waals surface area (Å²) in [5, 5.41) is 0. The van der Waals surface area contributed by atoms with Gasteiger partial charge in [0.15, 0.2) is 0 Å². The second kappa shape index (κ2) is 4.88. The van der Waals surface area contributed by atoms with Gasteiger partial charge in [0.05, 0.1) is 6.42 Å². The molecule has 0 radical (unpaired) electrons. The van der Waals surface area contributed by atoms with Gasteiger partial charge in [0, 0.05) is 12.8 Å². The molecule has 2 rings (SSSR count). The molecule has 1 aliphatic rings. The van der Waals surface area contributed by atoms with Crippen LogP contribution in [0.3, 0.4) is 0 Å². The van der Waals surface area contributed by atoms with Crippen molar-refractivity contribution in [3.63, 3.8) is 0 Å².